The number of rotatable bonds is 11. The van der Waals surface area contributed by atoms with Gasteiger partial charge >= 0.3 is 72.9 Å². The average Bonchev–Trinajstić information content (AvgIpc) is 3.91. The van der Waals surface area contributed by atoms with Crippen LogP contribution >= 0.6 is 0 Å². The molecular weight excluding hydrogens is 862 g/mol. The van der Waals surface area contributed by atoms with Crippen LogP contribution in [0.5, 0.6) is 0 Å². The molecule has 0 spiro atoms. The van der Waals surface area contributed by atoms with Crippen LogP contribution in [0.1, 0.15) is 62.1 Å². The topological polar surface area (TPSA) is 176 Å². The summed E-state index contributed by atoms with van der Waals surface area (Å²) in [4.78, 5) is 37.4. The summed E-state index contributed by atoms with van der Waals surface area (Å²) in [5.41, 5.74) is 0.445. The molecule has 276 valence electrons. The van der Waals surface area contributed by atoms with Crippen LogP contribution in [-0.2, 0) is 73.6 Å². The first-order chi connectivity index (χ1) is 24.6. The Morgan fingerprint density at radius 3 is 1.75 bits per heavy atom. The predicted molar refractivity (Wildman–Crippen MR) is 182 cm³/mol. The first-order valence-corrected chi connectivity index (χ1v) is 17.0. The Bertz CT molecular complexity index is 1600. The summed E-state index contributed by atoms with van der Waals surface area (Å²) in [6.45, 7) is 15.4. The average molecular weight is 905 g/mol. The van der Waals surface area contributed by atoms with Gasteiger partial charge in [-0.3, -0.25) is 15.7 Å². The van der Waals surface area contributed by atoms with Crippen molar-refractivity contribution in [3.05, 3.63) is 122 Å². The van der Waals surface area contributed by atoms with Crippen LogP contribution < -0.4 is 0 Å². The quantitative estimate of drug-likeness (QED) is 0.0689. The summed E-state index contributed by atoms with van der Waals surface area (Å²) in [5, 5.41) is 0. The number of methoxy groups -OCH3 is 3. The van der Waals surface area contributed by atoms with Crippen LogP contribution in [0.2, 0.25) is 0 Å². The van der Waals surface area contributed by atoms with Crippen LogP contribution in [0.25, 0.3) is 0 Å². The molecule has 0 saturated heterocycles. The molecule has 12 nitrogen and oxygen atoms in total. The Balaban J connectivity index is 0. The summed E-state index contributed by atoms with van der Waals surface area (Å²) >= 11 is 0. The molecule has 0 amide bonds. The second kappa shape index (κ2) is 27.5. The van der Waals surface area contributed by atoms with E-state index in [0.717, 1.165) is 31.4 Å². The predicted octanol–water partition coefficient (Wildman–Crippen LogP) is 5.70. The molecule has 1 unspecified atom stereocenters. The molecule has 52 heavy (non-hydrogen) atoms. The van der Waals surface area contributed by atoms with Crippen LogP contribution in [0.4, 0.5) is 0 Å². The van der Waals surface area contributed by atoms with Crippen molar-refractivity contribution in [3.8, 4) is 0 Å². The number of carbonyl (C=O) groups excluding carboxylic acids is 3. The molecule has 1 aliphatic heterocycles. The van der Waals surface area contributed by atoms with E-state index in [9.17, 15) is 22.8 Å². The Morgan fingerprint density at radius 2 is 1.29 bits per heavy atom. The molecule has 0 aromatic heterocycles. The third-order valence-corrected chi connectivity index (χ3v) is 9.68. The normalized spacial score (nSPS) is 14.9. The molecule has 14 heteroatoms. The molecule has 0 N–H and O–H groups in total. The molecule has 2 aromatic carbocycles. The molecule has 0 radical (unpaired) electrons. The van der Waals surface area contributed by atoms with Gasteiger partial charge in [0.05, 0.1) is 26.2 Å². The summed E-state index contributed by atoms with van der Waals surface area (Å²) in [7, 11) is -0.367. The summed E-state index contributed by atoms with van der Waals surface area (Å²) in [6, 6.07) is 15.1. The van der Waals surface area contributed by atoms with E-state index in [-0.39, 0.29) is 45.3 Å². The number of ether oxygens (including phenoxy) is 3. The molecule has 2 aliphatic rings. The first-order valence-electron chi connectivity index (χ1n) is 15.5. The zero-order valence-electron chi connectivity index (χ0n) is 29.5. The number of hydrogen-bond donors (Lipinski definition) is 0. The zero-order chi connectivity index (χ0) is 38.9. The molecule has 1 heterocycles. The second-order valence-corrected chi connectivity index (χ2v) is 12.8. The van der Waals surface area contributed by atoms with Gasteiger partial charge in [0.25, 0.3) is 0 Å². The summed E-state index contributed by atoms with van der Waals surface area (Å²) < 4.78 is 65.6. The maximum absolute atomic E-state index is 13.6. The van der Waals surface area contributed by atoms with Crippen molar-refractivity contribution in [2.45, 2.75) is 62.8 Å². The van der Waals surface area contributed by atoms with E-state index < -0.39 is 39.4 Å². The van der Waals surface area contributed by atoms with Gasteiger partial charge in [0.15, 0.2) is 5.41 Å². The molecule has 0 bridgehead atoms. The van der Waals surface area contributed by atoms with Crippen molar-refractivity contribution in [2.24, 2.45) is 5.41 Å². The Kier molecular flexibility index (Phi) is 26.5. The number of sulfonamides is 1. The third-order valence-electron chi connectivity index (χ3n) is 7.85. The molecule has 2 aromatic rings. The van der Waals surface area contributed by atoms with Gasteiger partial charge < -0.3 is 14.2 Å². The van der Waals surface area contributed by atoms with Crippen molar-refractivity contribution in [2.75, 3.05) is 27.9 Å². The number of carbonyl (C=O) groups is 3. The van der Waals surface area contributed by atoms with Gasteiger partial charge in [0, 0.05) is 12.1 Å². The van der Waals surface area contributed by atoms with Crippen LogP contribution in [-0.4, -0.2) is 58.5 Å². The van der Waals surface area contributed by atoms with E-state index in [1.165, 1.54) is 49.6 Å². The van der Waals surface area contributed by atoms with E-state index in [2.05, 4.69) is 30.8 Å². The van der Waals surface area contributed by atoms with E-state index in [1.807, 2.05) is 37.3 Å². The maximum atomic E-state index is 13.6. The fourth-order valence-corrected chi connectivity index (χ4v) is 6.80. The fourth-order valence-electron chi connectivity index (χ4n) is 5.30. The smallest absolute Gasteiger partial charge is 2.00 e. The molecular formula is C38H42NO11SW+. The first kappa shape index (κ1) is 50.0. The molecule has 4 rings (SSSR count). The SMILES string of the molecule is C1CCCC1.COC(=O)/C=C/CC(C/C=C/C1=[C-]CN(S(=O)(=O)c2ccc(C)cc2)C1c1ccccc1)(C(=O)OC)C(=O)OC.[C-]#[O+].[C-]#[O+].[C-]#[O+].[W+2]. The minimum absolute atomic E-state index is 0. The van der Waals surface area contributed by atoms with E-state index in [4.69, 9.17) is 23.4 Å². The molecule has 1 fully saturated rings. The Labute approximate surface area is 320 Å². The van der Waals surface area contributed by atoms with Gasteiger partial charge in [-0.15, -0.1) is 0 Å². The van der Waals surface area contributed by atoms with Gasteiger partial charge in [0.1, 0.15) is 0 Å². The van der Waals surface area contributed by atoms with E-state index in [1.54, 1.807) is 36.4 Å². The van der Waals surface area contributed by atoms with Gasteiger partial charge in [-0.2, -0.15) is 11.6 Å². The zero-order valence-corrected chi connectivity index (χ0v) is 33.2. The molecule has 1 saturated carbocycles. The minimum atomic E-state index is -3.88. The number of nitrogens with zero attached hydrogens (tertiary/aromatic N) is 1. The third kappa shape index (κ3) is 14.5. The molecule has 1 atom stereocenters. The van der Waals surface area contributed by atoms with Crippen molar-refractivity contribution >= 4 is 27.9 Å². The van der Waals surface area contributed by atoms with Crippen molar-refractivity contribution in [1.82, 2.24) is 4.31 Å². The van der Waals surface area contributed by atoms with Gasteiger partial charge in [-0.25, -0.2) is 23.6 Å². The van der Waals surface area contributed by atoms with Crippen molar-refractivity contribution in [3.63, 3.8) is 0 Å². The number of benzene rings is 2. The van der Waals surface area contributed by atoms with E-state index >= 15 is 0 Å². The van der Waals surface area contributed by atoms with Crippen LogP contribution in [0, 0.1) is 38.4 Å². The summed E-state index contributed by atoms with van der Waals surface area (Å²) in [5.74, 6) is -2.33. The Morgan fingerprint density at radius 1 is 0.808 bits per heavy atom. The second-order valence-electron chi connectivity index (χ2n) is 10.9. The van der Waals surface area contributed by atoms with E-state index in [0.29, 0.717) is 5.57 Å². The largest absolute Gasteiger partial charge is 2.00 e. The fraction of sp³-hybridized carbons (Fsp3) is 0.368. The van der Waals surface area contributed by atoms with Gasteiger partial charge in [0.2, 0.25) is 10.0 Å². The number of esters is 3. The number of aryl methyl sites for hydroxylation is 1. The van der Waals surface area contributed by atoms with Gasteiger partial charge in [-0.1, -0.05) is 86.2 Å². The molecule has 1 aliphatic carbocycles. The van der Waals surface area contributed by atoms with Crippen LogP contribution in [0.15, 0.2) is 89.4 Å². The summed E-state index contributed by atoms with van der Waals surface area (Å²) in [6.07, 6.45) is 16.0. The number of allylic oxidation sites excluding steroid dienone is 2. The standard InChI is InChI=1S/C30H32NO8S.C5H10.3CO.W/c1-22-14-16-25(17-15-22)40(35,36)31-21-18-24(27(31)23-10-6-5-7-11-23)12-8-19-30(28(33)38-3,29(34)39-4)20-9-13-26(32)37-2;1-2-4-5-3-1;3*1-2;/h5-17,27H,19-21H2,1-4H3;1-5H2;;;;/q-1;;;;;+2/b12-8+,13-9+;;;;;. The van der Waals surface area contributed by atoms with Gasteiger partial charge in [-0.05, 0) is 44.0 Å². The van der Waals surface area contributed by atoms with Crippen molar-refractivity contribution < 1.29 is 72.0 Å². The van der Waals surface area contributed by atoms with Crippen LogP contribution in [0.3, 0.4) is 0 Å². The van der Waals surface area contributed by atoms with Crippen molar-refractivity contribution in [1.29, 1.82) is 0 Å². The monoisotopic (exact) mass is 904 g/mol. The number of hydrogen-bond acceptors (Lipinski definition) is 8. The minimum Gasteiger partial charge on any atom is 2.00 e. The maximum Gasteiger partial charge on any atom is 2.00 e. The Hall–Kier alpha value is -4.11.